The molecule has 0 aliphatic rings. The highest BCUT2D eigenvalue weighted by Crippen LogP contribution is 2.28. The number of anilines is 1. The number of nitrogens with zero attached hydrogens (tertiary/aromatic N) is 2. The minimum atomic E-state index is -0.418. The molecule has 2 amide bonds. The van der Waals surface area contributed by atoms with Gasteiger partial charge in [0.1, 0.15) is 5.76 Å². The Balaban J connectivity index is 1.34. The van der Waals surface area contributed by atoms with E-state index in [2.05, 4.69) is 25.8 Å². The van der Waals surface area contributed by atoms with Crippen LogP contribution in [-0.4, -0.2) is 22.2 Å². The molecular weight excluding hydrogens is 386 g/mol. The second kappa shape index (κ2) is 8.24. The van der Waals surface area contributed by atoms with Gasteiger partial charge in [-0.25, -0.2) is 15.2 Å². The van der Waals surface area contributed by atoms with E-state index in [-0.39, 0.29) is 0 Å². The number of hydrogen-bond acceptors (Lipinski definition) is 5. The molecule has 29 heavy (non-hydrogen) atoms. The van der Waals surface area contributed by atoms with Crippen LogP contribution in [0.4, 0.5) is 10.5 Å². The van der Waals surface area contributed by atoms with Gasteiger partial charge in [-0.3, -0.25) is 0 Å². The molecular formula is C21H19N5O2S. The van der Waals surface area contributed by atoms with Crippen LogP contribution >= 0.6 is 11.8 Å². The molecule has 8 heteroatoms. The van der Waals surface area contributed by atoms with Crippen LogP contribution in [0, 0.1) is 13.8 Å². The number of aromatic nitrogens is 2. The molecule has 2 aromatic heterocycles. The average molecular weight is 405 g/mol. The van der Waals surface area contributed by atoms with Crippen LogP contribution in [0.15, 0.2) is 74.4 Å². The molecule has 0 unspecified atom stereocenters. The second-order valence-corrected chi connectivity index (χ2v) is 7.38. The number of fused-ring (bicyclic) bond motifs is 1. The SMILES string of the molecule is Cc1cccc(NC(=O)N/N=C/c2ccc(Sc3nc4ccccc4[nH]3)o2)c1C. The lowest BCUT2D eigenvalue weighted by Crippen LogP contribution is -2.24. The maximum absolute atomic E-state index is 12.0. The molecule has 2 aromatic carbocycles. The molecule has 0 atom stereocenters. The highest BCUT2D eigenvalue weighted by Gasteiger charge is 2.08. The summed E-state index contributed by atoms with van der Waals surface area (Å²) in [4.78, 5) is 19.8. The van der Waals surface area contributed by atoms with Crippen LogP contribution in [0.3, 0.4) is 0 Å². The van der Waals surface area contributed by atoms with E-state index >= 15 is 0 Å². The number of para-hydroxylation sites is 2. The van der Waals surface area contributed by atoms with Crippen LogP contribution in [0.25, 0.3) is 11.0 Å². The highest BCUT2D eigenvalue weighted by atomic mass is 32.2. The molecule has 146 valence electrons. The predicted molar refractivity (Wildman–Crippen MR) is 115 cm³/mol. The van der Waals surface area contributed by atoms with E-state index < -0.39 is 6.03 Å². The summed E-state index contributed by atoms with van der Waals surface area (Å²) in [5.41, 5.74) is 7.19. The Bertz CT molecular complexity index is 1160. The molecule has 0 aliphatic carbocycles. The molecule has 0 saturated carbocycles. The average Bonchev–Trinajstić information content (AvgIpc) is 3.32. The number of hydrogen-bond donors (Lipinski definition) is 3. The zero-order valence-corrected chi connectivity index (χ0v) is 16.7. The third-order valence-electron chi connectivity index (χ3n) is 4.38. The largest absolute Gasteiger partial charge is 0.448 e. The Morgan fingerprint density at radius 3 is 2.86 bits per heavy atom. The van der Waals surface area contributed by atoms with E-state index in [0.717, 1.165) is 33.0 Å². The summed E-state index contributed by atoms with van der Waals surface area (Å²) in [5.74, 6) is 0.524. The molecule has 4 rings (SSSR count). The Hall–Kier alpha value is -3.52. The number of urea groups is 1. The van der Waals surface area contributed by atoms with Crippen molar-refractivity contribution in [3.63, 3.8) is 0 Å². The standard InChI is InChI=1S/C21H19N5O2S/c1-13-6-5-9-16(14(13)2)23-20(27)26-22-12-15-10-11-19(28-15)29-21-24-17-7-3-4-8-18(17)25-21/h3-12H,1-2H3,(H,24,25)(H2,23,26,27)/b22-12+. The molecule has 3 N–H and O–H groups in total. The molecule has 0 bridgehead atoms. The van der Waals surface area contributed by atoms with Crippen LogP contribution in [0.1, 0.15) is 16.9 Å². The van der Waals surface area contributed by atoms with Gasteiger partial charge in [0, 0.05) is 5.69 Å². The zero-order valence-electron chi connectivity index (χ0n) is 15.9. The Kier molecular flexibility index (Phi) is 5.35. The van der Waals surface area contributed by atoms with Crippen molar-refractivity contribution in [3.05, 3.63) is 71.5 Å². The van der Waals surface area contributed by atoms with Crippen molar-refractivity contribution in [2.75, 3.05) is 5.32 Å². The highest BCUT2D eigenvalue weighted by molar-refractivity contribution is 7.99. The van der Waals surface area contributed by atoms with Gasteiger partial charge in [0.05, 0.1) is 17.2 Å². The smallest absolute Gasteiger partial charge is 0.339 e. The number of benzene rings is 2. The number of hydrazone groups is 1. The monoisotopic (exact) mass is 405 g/mol. The number of aromatic amines is 1. The van der Waals surface area contributed by atoms with E-state index in [1.165, 1.54) is 18.0 Å². The first kappa shape index (κ1) is 18.8. The fourth-order valence-corrected chi connectivity index (χ4v) is 3.49. The molecule has 0 fully saturated rings. The van der Waals surface area contributed by atoms with Crippen molar-refractivity contribution in [2.24, 2.45) is 5.10 Å². The third-order valence-corrected chi connectivity index (χ3v) is 5.19. The summed E-state index contributed by atoms with van der Waals surface area (Å²) in [5, 5.41) is 8.13. The number of rotatable bonds is 5. The molecule has 0 saturated heterocycles. The van der Waals surface area contributed by atoms with Crippen molar-refractivity contribution in [1.29, 1.82) is 0 Å². The number of furan rings is 1. The van der Waals surface area contributed by atoms with Crippen molar-refractivity contribution in [1.82, 2.24) is 15.4 Å². The van der Waals surface area contributed by atoms with E-state index in [4.69, 9.17) is 4.42 Å². The number of amides is 2. The van der Waals surface area contributed by atoms with Gasteiger partial charge in [-0.1, -0.05) is 24.3 Å². The van der Waals surface area contributed by atoms with Crippen LogP contribution in [-0.2, 0) is 0 Å². The van der Waals surface area contributed by atoms with E-state index in [9.17, 15) is 4.79 Å². The van der Waals surface area contributed by atoms with E-state index in [0.29, 0.717) is 10.9 Å². The maximum atomic E-state index is 12.0. The molecule has 0 aliphatic heterocycles. The van der Waals surface area contributed by atoms with Crippen molar-refractivity contribution in [3.8, 4) is 0 Å². The number of aryl methyl sites for hydroxylation is 1. The summed E-state index contributed by atoms with van der Waals surface area (Å²) in [6, 6.07) is 16.8. The van der Waals surface area contributed by atoms with Gasteiger partial charge in [-0.05, 0) is 67.1 Å². The fourth-order valence-electron chi connectivity index (χ4n) is 2.72. The third kappa shape index (κ3) is 4.49. The van der Waals surface area contributed by atoms with E-state index in [1.54, 1.807) is 6.07 Å². The topological polar surface area (TPSA) is 95.3 Å². The summed E-state index contributed by atoms with van der Waals surface area (Å²) in [6.07, 6.45) is 1.45. The van der Waals surface area contributed by atoms with Gasteiger partial charge in [0.15, 0.2) is 10.2 Å². The van der Waals surface area contributed by atoms with Gasteiger partial charge < -0.3 is 14.7 Å². The summed E-state index contributed by atoms with van der Waals surface area (Å²) < 4.78 is 5.70. The fraction of sp³-hybridized carbons (Fsp3) is 0.0952. The summed E-state index contributed by atoms with van der Waals surface area (Å²) in [7, 11) is 0. The normalized spacial score (nSPS) is 11.2. The van der Waals surface area contributed by atoms with Gasteiger partial charge in [-0.2, -0.15) is 5.10 Å². The van der Waals surface area contributed by atoms with Crippen LogP contribution < -0.4 is 10.7 Å². The van der Waals surface area contributed by atoms with Gasteiger partial charge in [0.2, 0.25) is 0 Å². The summed E-state index contributed by atoms with van der Waals surface area (Å²) in [6.45, 7) is 3.95. The first-order valence-corrected chi connectivity index (χ1v) is 9.79. The zero-order chi connectivity index (χ0) is 20.2. The van der Waals surface area contributed by atoms with Gasteiger partial charge in [-0.15, -0.1) is 0 Å². The first-order valence-electron chi connectivity index (χ1n) is 8.97. The quantitative estimate of drug-likeness (QED) is 0.319. The number of nitrogens with one attached hydrogen (secondary N) is 3. The number of H-pyrrole nitrogens is 1. The van der Waals surface area contributed by atoms with E-state index in [1.807, 2.05) is 62.4 Å². The Morgan fingerprint density at radius 1 is 1.14 bits per heavy atom. The Morgan fingerprint density at radius 2 is 2.00 bits per heavy atom. The minimum absolute atomic E-state index is 0.418. The number of imidazole rings is 1. The van der Waals surface area contributed by atoms with Crippen LogP contribution in [0.2, 0.25) is 0 Å². The van der Waals surface area contributed by atoms with Gasteiger partial charge >= 0.3 is 6.03 Å². The lowest BCUT2D eigenvalue weighted by atomic mass is 10.1. The first-order chi connectivity index (χ1) is 14.1. The summed E-state index contributed by atoms with van der Waals surface area (Å²) >= 11 is 1.38. The lowest BCUT2D eigenvalue weighted by Gasteiger charge is -2.09. The predicted octanol–water partition coefficient (Wildman–Crippen LogP) is 5.08. The second-order valence-electron chi connectivity index (χ2n) is 6.39. The molecule has 4 aromatic rings. The molecule has 0 radical (unpaired) electrons. The van der Waals surface area contributed by atoms with Gasteiger partial charge in [0.25, 0.3) is 0 Å². The molecule has 0 spiro atoms. The minimum Gasteiger partial charge on any atom is -0.448 e. The van der Waals surface area contributed by atoms with Crippen molar-refractivity contribution in [2.45, 2.75) is 24.1 Å². The number of carbonyl (C=O) groups is 1. The molecule has 7 nitrogen and oxygen atoms in total. The van der Waals surface area contributed by atoms with Crippen molar-refractivity contribution >= 4 is 40.7 Å². The number of carbonyl (C=O) groups excluding carboxylic acids is 1. The lowest BCUT2D eigenvalue weighted by molar-refractivity contribution is 0.252. The van der Waals surface area contributed by atoms with Crippen molar-refractivity contribution < 1.29 is 9.21 Å². The maximum Gasteiger partial charge on any atom is 0.339 e. The van der Waals surface area contributed by atoms with Crippen LogP contribution in [0.5, 0.6) is 0 Å². The molecule has 2 heterocycles. The Labute approximate surface area is 171 Å².